The van der Waals surface area contributed by atoms with Gasteiger partial charge in [0, 0.05) is 35.9 Å². The van der Waals surface area contributed by atoms with E-state index < -0.39 is 36.2 Å². The summed E-state index contributed by atoms with van der Waals surface area (Å²) in [5.41, 5.74) is 1.59. The van der Waals surface area contributed by atoms with E-state index in [0.29, 0.717) is 11.3 Å². The minimum atomic E-state index is -1.11. The van der Waals surface area contributed by atoms with Gasteiger partial charge in [-0.2, -0.15) is 4.98 Å². The first-order valence-electron chi connectivity index (χ1n) is 10.5. The SMILES string of the molecule is O=C(C=C1C=CCC(=Nc2ncc(F)c(Nc3ccc4c(c3)C(=O)OC4)n2)C1=O)NCC(O)CO. The van der Waals surface area contributed by atoms with E-state index in [-0.39, 0.29) is 42.6 Å². The molecule has 1 unspecified atom stereocenters. The molecule has 1 atom stereocenters. The summed E-state index contributed by atoms with van der Waals surface area (Å²) in [7, 11) is 0. The summed E-state index contributed by atoms with van der Waals surface area (Å²) in [5.74, 6) is -2.79. The summed E-state index contributed by atoms with van der Waals surface area (Å²) in [6, 6.07) is 4.85. The fourth-order valence-electron chi connectivity index (χ4n) is 3.27. The number of benzene rings is 1. The van der Waals surface area contributed by atoms with E-state index in [1.54, 1.807) is 18.2 Å². The van der Waals surface area contributed by atoms with Crippen molar-refractivity contribution < 1.29 is 33.7 Å². The van der Waals surface area contributed by atoms with Crippen molar-refractivity contribution in [1.82, 2.24) is 15.3 Å². The highest BCUT2D eigenvalue weighted by Gasteiger charge is 2.22. The number of rotatable bonds is 7. The molecule has 0 saturated heterocycles. The lowest BCUT2D eigenvalue weighted by atomic mass is 9.98. The molecule has 0 saturated carbocycles. The van der Waals surface area contributed by atoms with E-state index in [1.807, 2.05) is 0 Å². The van der Waals surface area contributed by atoms with Crippen LogP contribution >= 0.6 is 0 Å². The molecule has 0 spiro atoms. The molecule has 2 heterocycles. The quantitative estimate of drug-likeness (QED) is 0.334. The first-order chi connectivity index (χ1) is 16.8. The van der Waals surface area contributed by atoms with Gasteiger partial charge in [-0.3, -0.25) is 9.59 Å². The van der Waals surface area contributed by atoms with Crippen LogP contribution in [0, 0.1) is 5.82 Å². The molecule has 1 aromatic heterocycles. The van der Waals surface area contributed by atoms with Gasteiger partial charge < -0.3 is 25.6 Å². The number of allylic oxidation sites excluding steroid dienone is 3. The Labute approximate surface area is 198 Å². The van der Waals surface area contributed by atoms with Gasteiger partial charge in [-0.25, -0.2) is 19.2 Å². The standard InChI is InChI=1S/C23H20FN5O6/c24-17-9-26-23(29-21(17)27-14-5-4-13-11-35-22(34)16(13)7-14)28-18-3-1-2-12(20(18)33)6-19(32)25-8-15(31)10-30/h1-2,4-7,9,15,30-31H,3,8,10-11H2,(H,25,32)(H,26,27,29). The summed E-state index contributed by atoms with van der Waals surface area (Å²) < 4.78 is 19.3. The predicted molar refractivity (Wildman–Crippen MR) is 121 cm³/mol. The normalized spacial score (nSPS) is 17.9. The number of halogens is 1. The molecule has 4 N–H and O–H groups in total. The van der Waals surface area contributed by atoms with E-state index in [9.17, 15) is 23.9 Å². The lowest BCUT2D eigenvalue weighted by Crippen LogP contribution is -2.33. The average molecular weight is 481 g/mol. The van der Waals surface area contributed by atoms with Crippen LogP contribution < -0.4 is 10.6 Å². The van der Waals surface area contributed by atoms with Gasteiger partial charge in [0.05, 0.1) is 30.2 Å². The maximum atomic E-state index is 14.3. The van der Waals surface area contributed by atoms with E-state index in [1.165, 1.54) is 12.1 Å². The number of esters is 1. The van der Waals surface area contributed by atoms with Crippen molar-refractivity contribution in [3.63, 3.8) is 0 Å². The Kier molecular flexibility index (Phi) is 7.03. The van der Waals surface area contributed by atoms with E-state index >= 15 is 0 Å². The third kappa shape index (κ3) is 5.62. The number of anilines is 2. The van der Waals surface area contributed by atoms with Crippen molar-refractivity contribution in [3.8, 4) is 0 Å². The number of hydrogen-bond acceptors (Lipinski definition) is 10. The molecule has 0 radical (unpaired) electrons. The van der Waals surface area contributed by atoms with Crippen molar-refractivity contribution in [2.45, 2.75) is 19.1 Å². The molecule has 35 heavy (non-hydrogen) atoms. The highest BCUT2D eigenvalue weighted by Crippen LogP contribution is 2.26. The molecule has 180 valence electrons. The zero-order valence-electron chi connectivity index (χ0n) is 18.2. The fraction of sp³-hybridized carbons (Fsp3) is 0.217. The molecule has 2 aromatic rings. The van der Waals surface area contributed by atoms with Gasteiger partial charge >= 0.3 is 5.97 Å². The van der Waals surface area contributed by atoms with Crippen LogP contribution in [0.2, 0.25) is 0 Å². The molecule has 11 nitrogen and oxygen atoms in total. The molecule has 12 heteroatoms. The molecule has 1 aromatic carbocycles. The second-order valence-corrected chi connectivity index (χ2v) is 7.61. The van der Waals surface area contributed by atoms with Crippen molar-refractivity contribution >= 4 is 40.8 Å². The smallest absolute Gasteiger partial charge is 0.338 e. The number of nitrogens with one attached hydrogen (secondary N) is 2. The van der Waals surface area contributed by atoms with Crippen LogP contribution in [0.4, 0.5) is 21.8 Å². The van der Waals surface area contributed by atoms with Crippen LogP contribution in [0.15, 0.2) is 53.2 Å². The van der Waals surface area contributed by atoms with Crippen LogP contribution in [-0.2, 0) is 20.9 Å². The second kappa shape index (κ2) is 10.3. The number of aliphatic hydroxyl groups excluding tert-OH is 2. The van der Waals surface area contributed by atoms with Gasteiger partial charge in [0.15, 0.2) is 11.6 Å². The predicted octanol–water partition coefficient (Wildman–Crippen LogP) is 1.03. The number of carbonyl (C=O) groups is 3. The lowest BCUT2D eigenvalue weighted by Gasteiger charge is -2.11. The second-order valence-electron chi connectivity index (χ2n) is 7.61. The summed E-state index contributed by atoms with van der Waals surface area (Å²) in [5, 5.41) is 23.2. The number of ether oxygens (including phenoxy) is 1. The Morgan fingerprint density at radius 2 is 2.17 bits per heavy atom. The number of aromatic nitrogens is 2. The third-order valence-electron chi connectivity index (χ3n) is 5.06. The third-order valence-corrected chi connectivity index (χ3v) is 5.06. The number of aliphatic hydroxyl groups is 2. The Balaban J connectivity index is 1.51. The van der Waals surface area contributed by atoms with Gasteiger partial charge in [0.2, 0.25) is 11.7 Å². The van der Waals surface area contributed by atoms with Crippen molar-refractivity contribution in [2.24, 2.45) is 4.99 Å². The van der Waals surface area contributed by atoms with Crippen molar-refractivity contribution in [3.05, 3.63) is 65.1 Å². The van der Waals surface area contributed by atoms with Crippen molar-refractivity contribution in [2.75, 3.05) is 18.5 Å². The number of carbonyl (C=O) groups excluding carboxylic acids is 3. The van der Waals surface area contributed by atoms with Gasteiger partial charge in [-0.05, 0) is 12.1 Å². The van der Waals surface area contributed by atoms with Crippen LogP contribution in [-0.4, -0.2) is 62.8 Å². The van der Waals surface area contributed by atoms with Crippen LogP contribution in [0.25, 0.3) is 0 Å². The summed E-state index contributed by atoms with van der Waals surface area (Å²) in [6.07, 6.45) is 4.06. The van der Waals surface area contributed by atoms with E-state index in [2.05, 4.69) is 25.6 Å². The molecule has 0 fully saturated rings. The molecular formula is C23H20FN5O6. The number of hydrogen-bond donors (Lipinski definition) is 4. The van der Waals surface area contributed by atoms with Gasteiger partial charge in [0.1, 0.15) is 6.61 Å². The van der Waals surface area contributed by atoms with Gasteiger partial charge in [-0.15, -0.1) is 0 Å². The average Bonchev–Trinajstić information content (AvgIpc) is 3.22. The molecule has 1 aliphatic carbocycles. The first-order valence-corrected chi connectivity index (χ1v) is 10.5. The highest BCUT2D eigenvalue weighted by molar-refractivity contribution is 6.48. The van der Waals surface area contributed by atoms with E-state index in [4.69, 9.17) is 9.84 Å². The molecule has 2 aliphatic rings. The number of amides is 1. The zero-order valence-corrected chi connectivity index (χ0v) is 18.2. The minimum absolute atomic E-state index is 0.0415. The number of Topliss-reactive ketones (excluding diaryl/α,β-unsaturated/α-hetero) is 1. The lowest BCUT2D eigenvalue weighted by molar-refractivity contribution is -0.117. The minimum Gasteiger partial charge on any atom is -0.457 e. The monoisotopic (exact) mass is 481 g/mol. The highest BCUT2D eigenvalue weighted by atomic mass is 19.1. The van der Waals surface area contributed by atoms with Crippen molar-refractivity contribution in [1.29, 1.82) is 0 Å². The molecule has 4 rings (SSSR count). The summed E-state index contributed by atoms with van der Waals surface area (Å²) in [6.45, 7) is -0.508. The van der Waals surface area contributed by atoms with Crippen LogP contribution in [0.1, 0.15) is 22.3 Å². The first kappa shape index (κ1) is 23.9. The number of nitrogens with zero attached hydrogens (tertiary/aromatic N) is 3. The zero-order chi connectivity index (χ0) is 24.9. The Hall–Kier alpha value is -4.29. The van der Waals surface area contributed by atoms with E-state index in [0.717, 1.165) is 17.8 Å². The number of fused-ring (bicyclic) bond motifs is 1. The van der Waals surface area contributed by atoms with Crippen LogP contribution in [0.3, 0.4) is 0 Å². The number of aliphatic imine (C=N–C) groups is 1. The summed E-state index contributed by atoms with van der Waals surface area (Å²) in [4.78, 5) is 48.4. The summed E-state index contributed by atoms with van der Waals surface area (Å²) >= 11 is 0. The number of ketones is 1. The Morgan fingerprint density at radius 3 is 2.97 bits per heavy atom. The molecule has 1 aliphatic heterocycles. The molecule has 1 amide bonds. The van der Waals surface area contributed by atoms with Gasteiger partial charge in [0.25, 0.3) is 5.95 Å². The molecule has 0 bridgehead atoms. The molecular weight excluding hydrogens is 461 g/mol. The Morgan fingerprint density at radius 1 is 1.34 bits per heavy atom. The fourth-order valence-corrected chi connectivity index (χ4v) is 3.27. The Bertz CT molecular complexity index is 1290. The number of cyclic esters (lactones) is 1. The topological polar surface area (TPSA) is 163 Å². The maximum Gasteiger partial charge on any atom is 0.338 e. The van der Waals surface area contributed by atoms with Gasteiger partial charge in [-0.1, -0.05) is 18.2 Å². The maximum absolute atomic E-state index is 14.3. The van der Waals surface area contributed by atoms with Crippen LogP contribution in [0.5, 0.6) is 0 Å². The largest absolute Gasteiger partial charge is 0.457 e.